The zero-order valence-corrected chi connectivity index (χ0v) is 10.7. The summed E-state index contributed by atoms with van der Waals surface area (Å²) in [4.78, 5) is 16.6. The minimum Gasteiger partial charge on any atom is -0.323 e. The third-order valence-electron chi connectivity index (χ3n) is 3.29. The van der Waals surface area contributed by atoms with Crippen LogP contribution in [0.25, 0.3) is 11.0 Å². The average Bonchev–Trinajstić information content (AvgIpc) is 2.83. The van der Waals surface area contributed by atoms with Gasteiger partial charge in [0.05, 0.1) is 23.9 Å². The van der Waals surface area contributed by atoms with E-state index in [1.807, 2.05) is 60.0 Å². The molecule has 0 spiro atoms. The van der Waals surface area contributed by atoms with Crippen molar-refractivity contribution < 1.29 is 4.79 Å². The summed E-state index contributed by atoms with van der Waals surface area (Å²) in [5.74, 6) is 0.112. The number of fused-ring (bicyclic) bond motifs is 1. The Balaban J connectivity index is 1.94. The Bertz CT molecular complexity index is 743. The van der Waals surface area contributed by atoms with Crippen molar-refractivity contribution >= 4 is 16.8 Å². The van der Waals surface area contributed by atoms with Gasteiger partial charge in [0.1, 0.15) is 0 Å². The summed E-state index contributed by atoms with van der Waals surface area (Å²) < 4.78 is 1.89. The van der Waals surface area contributed by atoms with Crippen molar-refractivity contribution in [2.45, 2.75) is 13.5 Å². The first-order valence-corrected chi connectivity index (χ1v) is 6.24. The van der Waals surface area contributed by atoms with Gasteiger partial charge in [-0.3, -0.25) is 4.79 Å². The number of aryl methyl sites for hydroxylation is 1. The van der Waals surface area contributed by atoms with Gasteiger partial charge >= 0.3 is 0 Å². The Hall–Kier alpha value is -2.42. The van der Waals surface area contributed by atoms with Crippen LogP contribution in [-0.4, -0.2) is 15.3 Å². The average molecular weight is 250 g/mol. The number of benzene rings is 2. The van der Waals surface area contributed by atoms with Crippen LogP contribution in [0.5, 0.6) is 0 Å². The van der Waals surface area contributed by atoms with Gasteiger partial charge in [0, 0.05) is 5.56 Å². The van der Waals surface area contributed by atoms with E-state index in [9.17, 15) is 4.79 Å². The van der Waals surface area contributed by atoms with Gasteiger partial charge in [-0.15, -0.1) is 0 Å². The lowest BCUT2D eigenvalue weighted by molar-refractivity contribution is 0.0973. The fourth-order valence-electron chi connectivity index (χ4n) is 2.26. The highest BCUT2D eigenvalue weighted by atomic mass is 16.1. The van der Waals surface area contributed by atoms with E-state index in [1.54, 1.807) is 6.33 Å². The summed E-state index contributed by atoms with van der Waals surface area (Å²) in [7, 11) is 0. The summed E-state index contributed by atoms with van der Waals surface area (Å²) in [6, 6.07) is 15.5. The molecule has 3 rings (SSSR count). The molecule has 19 heavy (non-hydrogen) atoms. The number of imidazole rings is 1. The second-order valence-corrected chi connectivity index (χ2v) is 4.60. The summed E-state index contributed by atoms with van der Waals surface area (Å²) >= 11 is 0. The van der Waals surface area contributed by atoms with Crippen LogP contribution in [0.1, 0.15) is 15.9 Å². The predicted octanol–water partition coefficient (Wildman–Crippen LogP) is 3.23. The Kier molecular flexibility index (Phi) is 2.88. The van der Waals surface area contributed by atoms with E-state index in [4.69, 9.17) is 0 Å². The number of hydrogen-bond acceptors (Lipinski definition) is 2. The van der Waals surface area contributed by atoms with E-state index >= 15 is 0 Å². The molecule has 94 valence electrons. The maximum atomic E-state index is 12.3. The van der Waals surface area contributed by atoms with Crippen LogP contribution in [-0.2, 0) is 6.54 Å². The monoisotopic (exact) mass is 250 g/mol. The number of para-hydroxylation sites is 2. The largest absolute Gasteiger partial charge is 0.323 e. The van der Waals surface area contributed by atoms with Crippen LogP contribution in [0.3, 0.4) is 0 Å². The first-order chi connectivity index (χ1) is 9.25. The topological polar surface area (TPSA) is 34.9 Å². The molecule has 1 aromatic heterocycles. The number of carbonyl (C=O) groups excluding carboxylic acids is 1. The number of aromatic nitrogens is 2. The van der Waals surface area contributed by atoms with Crippen LogP contribution in [0.2, 0.25) is 0 Å². The molecule has 0 aliphatic heterocycles. The molecular formula is C16H14N2O. The Morgan fingerprint density at radius 3 is 2.68 bits per heavy atom. The van der Waals surface area contributed by atoms with Gasteiger partial charge in [0.2, 0.25) is 0 Å². The van der Waals surface area contributed by atoms with Crippen LogP contribution >= 0.6 is 0 Å². The van der Waals surface area contributed by atoms with E-state index in [0.29, 0.717) is 6.54 Å². The van der Waals surface area contributed by atoms with Crippen LogP contribution < -0.4 is 0 Å². The number of Topliss-reactive ketones (excluding diaryl/α,β-unsaturated/α-hetero) is 1. The van der Waals surface area contributed by atoms with Crippen molar-refractivity contribution in [3.05, 3.63) is 66.0 Å². The molecule has 0 radical (unpaired) electrons. The first-order valence-electron chi connectivity index (χ1n) is 6.24. The Morgan fingerprint density at radius 1 is 1.11 bits per heavy atom. The number of carbonyl (C=O) groups is 1. The third-order valence-corrected chi connectivity index (χ3v) is 3.29. The lowest BCUT2D eigenvalue weighted by atomic mass is 10.1. The molecule has 2 aromatic carbocycles. The second kappa shape index (κ2) is 4.69. The Labute approximate surface area is 111 Å². The molecule has 0 atom stereocenters. The molecule has 0 aliphatic carbocycles. The summed E-state index contributed by atoms with van der Waals surface area (Å²) in [6.45, 7) is 2.28. The van der Waals surface area contributed by atoms with Crippen molar-refractivity contribution in [1.82, 2.24) is 9.55 Å². The van der Waals surface area contributed by atoms with Gasteiger partial charge in [0.15, 0.2) is 5.78 Å². The highest BCUT2D eigenvalue weighted by Gasteiger charge is 2.10. The van der Waals surface area contributed by atoms with Crippen molar-refractivity contribution in [3.8, 4) is 0 Å². The highest BCUT2D eigenvalue weighted by Crippen LogP contribution is 2.14. The summed E-state index contributed by atoms with van der Waals surface area (Å²) in [5.41, 5.74) is 3.70. The first kappa shape index (κ1) is 11.7. The molecule has 0 N–H and O–H groups in total. The van der Waals surface area contributed by atoms with Gasteiger partial charge < -0.3 is 4.57 Å². The molecule has 3 heteroatoms. The SMILES string of the molecule is Cc1ccccc1C(=O)Cn1cnc2ccccc21. The van der Waals surface area contributed by atoms with Crippen LogP contribution in [0.15, 0.2) is 54.9 Å². The summed E-state index contributed by atoms with van der Waals surface area (Å²) in [6.07, 6.45) is 1.72. The normalized spacial score (nSPS) is 10.8. The smallest absolute Gasteiger partial charge is 0.182 e. The second-order valence-electron chi connectivity index (χ2n) is 4.60. The zero-order chi connectivity index (χ0) is 13.2. The van der Waals surface area contributed by atoms with E-state index < -0.39 is 0 Å². The third kappa shape index (κ3) is 2.15. The standard InChI is InChI=1S/C16H14N2O/c1-12-6-2-3-7-13(12)16(19)10-18-11-17-14-8-4-5-9-15(14)18/h2-9,11H,10H2,1H3. The van der Waals surface area contributed by atoms with Gasteiger partial charge in [-0.25, -0.2) is 4.98 Å². The molecule has 0 unspecified atom stereocenters. The minimum atomic E-state index is 0.112. The van der Waals surface area contributed by atoms with Crippen molar-refractivity contribution in [3.63, 3.8) is 0 Å². The molecule has 0 aliphatic rings. The van der Waals surface area contributed by atoms with E-state index in [-0.39, 0.29) is 5.78 Å². The fourth-order valence-corrected chi connectivity index (χ4v) is 2.26. The van der Waals surface area contributed by atoms with E-state index in [0.717, 1.165) is 22.2 Å². The van der Waals surface area contributed by atoms with Crippen molar-refractivity contribution in [2.24, 2.45) is 0 Å². The lowest BCUT2D eigenvalue weighted by Gasteiger charge is -2.06. The molecule has 1 heterocycles. The van der Waals surface area contributed by atoms with Crippen molar-refractivity contribution in [2.75, 3.05) is 0 Å². The molecule has 0 saturated carbocycles. The number of rotatable bonds is 3. The number of nitrogens with zero attached hydrogens (tertiary/aromatic N) is 2. The molecule has 3 aromatic rings. The number of ketones is 1. The minimum absolute atomic E-state index is 0.112. The highest BCUT2D eigenvalue weighted by molar-refractivity contribution is 5.97. The van der Waals surface area contributed by atoms with Gasteiger partial charge in [-0.2, -0.15) is 0 Å². The maximum absolute atomic E-state index is 12.3. The van der Waals surface area contributed by atoms with Gasteiger partial charge in [0.25, 0.3) is 0 Å². The molecule has 0 amide bonds. The van der Waals surface area contributed by atoms with E-state index in [1.165, 1.54) is 0 Å². The predicted molar refractivity (Wildman–Crippen MR) is 75.2 cm³/mol. The fraction of sp³-hybridized carbons (Fsp3) is 0.125. The molecule has 0 bridgehead atoms. The van der Waals surface area contributed by atoms with Gasteiger partial charge in [-0.1, -0.05) is 36.4 Å². The zero-order valence-electron chi connectivity index (χ0n) is 10.7. The molecule has 0 fully saturated rings. The van der Waals surface area contributed by atoms with Crippen LogP contribution in [0.4, 0.5) is 0 Å². The summed E-state index contributed by atoms with van der Waals surface area (Å²) in [5, 5.41) is 0. The lowest BCUT2D eigenvalue weighted by Crippen LogP contribution is -2.10. The molecule has 0 saturated heterocycles. The Morgan fingerprint density at radius 2 is 1.84 bits per heavy atom. The van der Waals surface area contributed by atoms with Gasteiger partial charge in [-0.05, 0) is 24.6 Å². The van der Waals surface area contributed by atoms with Crippen molar-refractivity contribution in [1.29, 1.82) is 0 Å². The molecular weight excluding hydrogens is 236 g/mol. The quantitative estimate of drug-likeness (QED) is 0.669. The maximum Gasteiger partial charge on any atom is 0.182 e. The van der Waals surface area contributed by atoms with E-state index in [2.05, 4.69) is 4.98 Å². The molecule has 3 nitrogen and oxygen atoms in total. The van der Waals surface area contributed by atoms with Crippen LogP contribution in [0, 0.1) is 6.92 Å². The number of hydrogen-bond donors (Lipinski definition) is 0.